The van der Waals surface area contributed by atoms with Gasteiger partial charge in [-0.3, -0.25) is 19.4 Å². The summed E-state index contributed by atoms with van der Waals surface area (Å²) in [6, 6.07) is 11.3. The van der Waals surface area contributed by atoms with E-state index < -0.39 is 41.7 Å². The van der Waals surface area contributed by atoms with E-state index in [0.717, 1.165) is 16.8 Å². The minimum absolute atomic E-state index is 0.305. The van der Waals surface area contributed by atoms with Gasteiger partial charge in [-0.15, -0.1) is 11.8 Å². The van der Waals surface area contributed by atoms with Crippen LogP contribution in [0.15, 0.2) is 42.6 Å². The molecule has 1 aromatic heterocycles. The Bertz CT molecular complexity index is 996. The number of benzene rings is 1. The Labute approximate surface area is 190 Å². The van der Waals surface area contributed by atoms with E-state index in [-0.39, 0.29) is 0 Å². The molecule has 9 heteroatoms. The molecule has 0 bridgehead atoms. The van der Waals surface area contributed by atoms with E-state index in [1.54, 1.807) is 12.3 Å². The van der Waals surface area contributed by atoms with Crippen molar-refractivity contribution in [3.8, 4) is 17.0 Å². The van der Waals surface area contributed by atoms with Crippen molar-refractivity contribution in [3.05, 3.63) is 48.2 Å². The van der Waals surface area contributed by atoms with Crippen LogP contribution in [-0.2, 0) is 28.6 Å². The molecule has 1 aromatic carbocycles. The number of thioether (sulfide) groups is 1. The number of aromatic nitrogens is 1. The van der Waals surface area contributed by atoms with Crippen molar-refractivity contribution >= 4 is 29.7 Å². The lowest BCUT2D eigenvalue weighted by Crippen LogP contribution is -2.55. The van der Waals surface area contributed by atoms with Gasteiger partial charge in [0.1, 0.15) is 5.75 Å². The average molecular weight is 460 g/mol. The first-order chi connectivity index (χ1) is 15.2. The number of hydrogen-bond acceptors (Lipinski definition) is 9. The van der Waals surface area contributed by atoms with Gasteiger partial charge in [-0.25, -0.2) is 0 Å². The Morgan fingerprint density at radius 2 is 1.62 bits per heavy atom. The lowest BCUT2D eigenvalue weighted by atomic mass is 10.1. The predicted octanol–water partition coefficient (Wildman–Crippen LogP) is 3.30. The first-order valence-corrected chi connectivity index (χ1v) is 11.1. The lowest BCUT2D eigenvalue weighted by molar-refractivity contribution is -0.186. The normalized spacial score (nSPS) is 22.5. The van der Waals surface area contributed by atoms with Crippen molar-refractivity contribution in [1.82, 2.24) is 4.98 Å². The molecule has 0 radical (unpaired) electrons. The molecule has 0 aliphatic carbocycles. The summed E-state index contributed by atoms with van der Waals surface area (Å²) in [6.45, 7) is 5.75. The number of nitrogens with zero attached hydrogens (tertiary/aromatic N) is 1. The molecule has 1 saturated heterocycles. The van der Waals surface area contributed by atoms with Gasteiger partial charge < -0.3 is 18.9 Å². The number of aryl methyl sites for hydroxylation is 1. The Kier molecular flexibility index (Phi) is 7.74. The first kappa shape index (κ1) is 23.6. The molecule has 1 aliphatic heterocycles. The first-order valence-electron chi connectivity index (χ1n) is 10.1. The molecule has 1 fully saturated rings. The summed E-state index contributed by atoms with van der Waals surface area (Å²) in [7, 11) is 0. The fourth-order valence-electron chi connectivity index (χ4n) is 3.37. The zero-order valence-corrected chi connectivity index (χ0v) is 19.1. The second kappa shape index (κ2) is 10.5. The zero-order valence-electron chi connectivity index (χ0n) is 18.3. The van der Waals surface area contributed by atoms with Gasteiger partial charge in [0, 0.05) is 38.3 Å². The van der Waals surface area contributed by atoms with Gasteiger partial charge >= 0.3 is 17.9 Å². The third-order valence-corrected chi connectivity index (χ3v) is 5.82. The molecule has 0 spiro atoms. The molecule has 0 unspecified atom stereocenters. The molecule has 0 saturated carbocycles. The Morgan fingerprint density at radius 1 is 0.938 bits per heavy atom. The predicted molar refractivity (Wildman–Crippen MR) is 118 cm³/mol. The second-order valence-corrected chi connectivity index (χ2v) is 8.49. The standard InChI is InChI=1S/C23H25NO7S/c1-13-8-9-24-19(10-13)17-6-5-7-18(11-17)31-23-22(30-16(4)27)21(29-15(3)26)20(12-32-23)28-14(2)25/h5-11,20-23H,12H2,1-4H3/t20-,21+,22-,23+/m1/s1. The maximum atomic E-state index is 11.8. The molecule has 3 rings (SSSR count). The number of carbonyl (C=O) groups is 3. The fraction of sp³-hybridized carbons (Fsp3) is 0.391. The highest BCUT2D eigenvalue weighted by Gasteiger charge is 2.47. The number of esters is 3. The average Bonchev–Trinajstić information content (AvgIpc) is 2.71. The van der Waals surface area contributed by atoms with E-state index >= 15 is 0 Å². The summed E-state index contributed by atoms with van der Waals surface area (Å²) >= 11 is 1.31. The lowest BCUT2D eigenvalue weighted by Gasteiger charge is -2.39. The Hall–Kier alpha value is -3.07. The molecule has 4 atom stereocenters. The van der Waals surface area contributed by atoms with E-state index in [1.165, 1.54) is 32.5 Å². The number of ether oxygens (including phenoxy) is 4. The van der Waals surface area contributed by atoms with Crippen LogP contribution in [-0.4, -0.2) is 52.4 Å². The van der Waals surface area contributed by atoms with Crippen molar-refractivity contribution in [2.24, 2.45) is 0 Å². The molecule has 0 N–H and O–H groups in total. The summed E-state index contributed by atoms with van der Waals surface area (Å²) in [5.74, 6) is -0.830. The summed E-state index contributed by atoms with van der Waals surface area (Å²) in [5.41, 5.74) is 2.07. The number of pyridine rings is 1. The van der Waals surface area contributed by atoms with Crippen LogP contribution in [0.2, 0.25) is 0 Å². The van der Waals surface area contributed by atoms with Crippen LogP contribution in [0.5, 0.6) is 5.75 Å². The second-order valence-electron chi connectivity index (χ2n) is 7.36. The highest BCUT2D eigenvalue weighted by molar-refractivity contribution is 7.99. The summed E-state index contributed by atoms with van der Waals surface area (Å²) in [4.78, 5) is 39.4. The van der Waals surface area contributed by atoms with Gasteiger partial charge in [-0.05, 0) is 36.8 Å². The molecule has 8 nitrogen and oxygen atoms in total. The maximum absolute atomic E-state index is 11.8. The number of rotatable bonds is 6. The minimum Gasteiger partial charge on any atom is -0.476 e. The van der Waals surface area contributed by atoms with Gasteiger partial charge in [0.05, 0.1) is 5.69 Å². The van der Waals surface area contributed by atoms with Crippen molar-refractivity contribution in [3.63, 3.8) is 0 Å². The molecule has 32 heavy (non-hydrogen) atoms. The van der Waals surface area contributed by atoms with Crippen LogP contribution >= 0.6 is 11.8 Å². The molecule has 2 aromatic rings. The highest BCUT2D eigenvalue weighted by Crippen LogP contribution is 2.35. The van der Waals surface area contributed by atoms with Gasteiger partial charge in [-0.1, -0.05) is 12.1 Å². The monoisotopic (exact) mass is 459 g/mol. The smallest absolute Gasteiger partial charge is 0.303 e. The van der Waals surface area contributed by atoms with Crippen molar-refractivity contribution in [1.29, 1.82) is 0 Å². The topological polar surface area (TPSA) is 101 Å². The van der Waals surface area contributed by atoms with Crippen LogP contribution < -0.4 is 4.74 Å². The van der Waals surface area contributed by atoms with Crippen LogP contribution in [0.3, 0.4) is 0 Å². The molecule has 2 heterocycles. The minimum atomic E-state index is -0.992. The highest BCUT2D eigenvalue weighted by atomic mass is 32.2. The van der Waals surface area contributed by atoms with Gasteiger partial charge in [-0.2, -0.15) is 0 Å². The van der Waals surface area contributed by atoms with Crippen LogP contribution in [0.4, 0.5) is 0 Å². The zero-order chi connectivity index (χ0) is 23.3. The molecular formula is C23H25NO7S. The van der Waals surface area contributed by atoms with Gasteiger partial charge in [0.25, 0.3) is 0 Å². The van der Waals surface area contributed by atoms with E-state index in [4.69, 9.17) is 18.9 Å². The third kappa shape index (κ3) is 6.23. The maximum Gasteiger partial charge on any atom is 0.303 e. The van der Waals surface area contributed by atoms with Crippen LogP contribution in [0.1, 0.15) is 26.3 Å². The molecule has 0 amide bonds. The summed E-state index contributed by atoms with van der Waals surface area (Å²) < 4.78 is 22.3. The molecule has 1 aliphatic rings. The van der Waals surface area contributed by atoms with E-state index in [2.05, 4.69) is 4.98 Å². The van der Waals surface area contributed by atoms with Crippen molar-refractivity contribution in [2.45, 2.75) is 51.4 Å². The van der Waals surface area contributed by atoms with Crippen LogP contribution in [0.25, 0.3) is 11.3 Å². The number of carbonyl (C=O) groups excluding carboxylic acids is 3. The number of hydrogen-bond donors (Lipinski definition) is 0. The quantitative estimate of drug-likeness (QED) is 0.476. The van der Waals surface area contributed by atoms with Crippen LogP contribution in [0, 0.1) is 6.92 Å². The third-order valence-electron chi connectivity index (χ3n) is 4.60. The summed E-state index contributed by atoms with van der Waals surface area (Å²) in [5, 5.41) is 0. The Balaban J connectivity index is 1.87. The van der Waals surface area contributed by atoms with Crippen molar-refractivity contribution in [2.75, 3.05) is 5.75 Å². The van der Waals surface area contributed by atoms with Crippen molar-refractivity contribution < 1.29 is 33.3 Å². The largest absolute Gasteiger partial charge is 0.476 e. The van der Waals surface area contributed by atoms with E-state index in [0.29, 0.717) is 11.5 Å². The van der Waals surface area contributed by atoms with Gasteiger partial charge in [0.2, 0.25) is 0 Å². The molecular weight excluding hydrogens is 434 g/mol. The van der Waals surface area contributed by atoms with Gasteiger partial charge in [0.15, 0.2) is 23.7 Å². The fourth-order valence-corrected chi connectivity index (χ4v) is 4.58. The SMILES string of the molecule is CC(=O)O[C@@H]1[C@@H](OC(C)=O)[C@@H](Oc2cccc(-c3cc(C)ccn3)c2)SC[C@H]1OC(C)=O. The Morgan fingerprint density at radius 3 is 2.28 bits per heavy atom. The summed E-state index contributed by atoms with van der Waals surface area (Å²) in [6.07, 6.45) is -0.994. The molecule has 170 valence electrons. The van der Waals surface area contributed by atoms with E-state index in [9.17, 15) is 14.4 Å². The van der Waals surface area contributed by atoms with E-state index in [1.807, 2.05) is 37.3 Å².